The van der Waals surface area contributed by atoms with Crippen LogP contribution in [0, 0.1) is 0 Å². The van der Waals surface area contributed by atoms with Gasteiger partial charge < -0.3 is 23.8 Å². The molecule has 0 aliphatic carbocycles. The summed E-state index contributed by atoms with van der Waals surface area (Å²) in [4.78, 5) is 24.8. The standard InChI is InChI=1S/C37H65NO6/c1-5-6-7-8-9-14-19-24-37(40)44-28-23-18-13-12-17-22-27-43-36-30-34(32-38(3)4)29-35(31-36)42-26-21-16-11-10-15-20-25-41-33(2)39/h29-31H,5-28,32H2,1-4H3. The van der Waals surface area contributed by atoms with Crippen molar-refractivity contribution in [3.05, 3.63) is 23.8 Å². The average molecular weight is 620 g/mol. The minimum Gasteiger partial charge on any atom is -0.493 e. The zero-order chi connectivity index (χ0) is 32.1. The van der Waals surface area contributed by atoms with Crippen LogP contribution in [0.2, 0.25) is 0 Å². The van der Waals surface area contributed by atoms with Gasteiger partial charge >= 0.3 is 11.9 Å². The molecule has 0 aliphatic rings. The van der Waals surface area contributed by atoms with Crippen LogP contribution in [0.3, 0.4) is 0 Å². The Balaban J connectivity index is 2.13. The largest absolute Gasteiger partial charge is 0.493 e. The molecule has 7 heteroatoms. The number of carbonyl (C=O) groups excluding carboxylic acids is 2. The van der Waals surface area contributed by atoms with Crippen LogP contribution in [-0.4, -0.2) is 57.4 Å². The molecule has 1 aromatic carbocycles. The predicted molar refractivity (Wildman–Crippen MR) is 180 cm³/mol. The summed E-state index contributed by atoms with van der Waals surface area (Å²) in [6.07, 6.45) is 22.2. The number of nitrogens with zero attached hydrogens (tertiary/aromatic N) is 1. The Morgan fingerprint density at radius 3 is 1.48 bits per heavy atom. The van der Waals surface area contributed by atoms with Crippen molar-refractivity contribution >= 4 is 11.9 Å². The van der Waals surface area contributed by atoms with Gasteiger partial charge in [-0.3, -0.25) is 9.59 Å². The van der Waals surface area contributed by atoms with Crippen molar-refractivity contribution in [1.29, 1.82) is 0 Å². The van der Waals surface area contributed by atoms with Crippen LogP contribution in [0.5, 0.6) is 11.5 Å². The lowest BCUT2D eigenvalue weighted by Gasteiger charge is -2.15. The third kappa shape index (κ3) is 25.1. The van der Waals surface area contributed by atoms with Crippen LogP contribution >= 0.6 is 0 Å². The Morgan fingerprint density at radius 1 is 0.568 bits per heavy atom. The van der Waals surface area contributed by atoms with Crippen LogP contribution in [0.1, 0.15) is 148 Å². The Bertz CT molecular complexity index is 843. The lowest BCUT2D eigenvalue weighted by molar-refractivity contribution is -0.144. The van der Waals surface area contributed by atoms with Crippen LogP contribution < -0.4 is 9.47 Å². The van der Waals surface area contributed by atoms with Crippen molar-refractivity contribution in [1.82, 2.24) is 4.90 Å². The van der Waals surface area contributed by atoms with Gasteiger partial charge in [-0.05, 0) is 63.9 Å². The fraction of sp³-hybridized carbons (Fsp3) is 0.784. The quantitative estimate of drug-likeness (QED) is 0.0627. The molecule has 0 N–H and O–H groups in total. The van der Waals surface area contributed by atoms with Crippen molar-refractivity contribution in [2.45, 2.75) is 149 Å². The van der Waals surface area contributed by atoms with Crippen molar-refractivity contribution in [2.24, 2.45) is 0 Å². The Labute approximate surface area is 269 Å². The second kappa shape index (κ2) is 28.2. The molecule has 44 heavy (non-hydrogen) atoms. The number of unbranched alkanes of at least 4 members (excludes halogenated alkanes) is 16. The highest BCUT2D eigenvalue weighted by Crippen LogP contribution is 2.25. The minimum absolute atomic E-state index is 0.0279. The molecule has 0 atom stereocenters. The van der Waals surface area contributed by atoms with Gasteiger partial charge in [-0.25, -0.2) is 0 Å². The highest BCUT2D eigenvalue weighted by molar-refractivity contribution is 5.69. The molecule has 0 saturated heterocycles. The third-order valence-corrected chi connectivity index (χ3v) is 7.61. The molecule has 254 valence electrons. The van der Waals surface area contributed by atoms with Gasteiger partial charge in [-0.15, -0.1) is 0 Å². The van der Waals surface area contributed by atoms with E-state index in [4.69, 9.17) is 18.9 Å². The molecule has 0 radical (unpaired) electrons. The second-order valence-electron chi connectivity index (χ2n) is 12.4. The highest BCUT2D eigenvalue weighted by atomic mass is 16.5. The van der Waals surface area contributed by atoms with Crippen LogP contribution in [0.15, 0.2) is 18.2 Å². The van der Waals surface area contributed by atoms with E-state index >= 15 is 0 Å². The number of rotatable bonds is 30. The van der Waals surface area contributed by atoms with Crippen molar-refractivity contribution in [2.75, 3.05) is 40.5 Å². The summed E-state index contributed by atoms with van der Waals surface area (Å²) < 4.78 is 22.6. The smallest absolute Gasteiger partial charge is 0.305 e. The minimum atomic E-state index is -0.196. The van der Waals surface area contributed by atoms with Crippen LogP contribution in [0.4, 0.5) is 0 Å². The predicted octanol–water partition coefficient (Wildman–Crippen LogP) is 9.43. The van der Waals surface area contributed by atoms with Gasteiger partial charge in [0.25, 0.3) is 0 Å². The fourth-order valence-corrected chi connectivity index (χ4v) is 5.16. The molecule has 0 amide bonds. The van der Waals surface area contributed by atoms with Gasteiger partial charge in [0, 0.05) is 26.0 Å². The zero-order valence-corrected chi connectivity index (χ0v) is 28.8. The molecule has 1 aromatic rings. The number of hydrogen-bond donors (Lipinski definition) is 0. The zero-order valence-electron chi connectivity index (χ0n) is 28.8. The van der Waals surface area contributed by atoms with E-state index in [0.717, 1.165) is 88.7 Å². The Hall–Kier alpha value is -2.28. The Kier molecular flexibility index (Phi) is 25.5. The number of ether oxygens (including phenoxy) is 4. The summed E-state index contributed by atoms with van der Waals surface area (Å²) in [6, 6.07) is 6.26. The van der Waals surface area contributed by atoms with E-state index < -0.39 is 0 Å². The van der Waals surface area contributed by atoms with E-state index in [1.165, 1.54) is 63.9 Å². The molecule has 0 unspecified atom stereocenters. The van der Waals surface area contributed by atoms with Gasteiger partial charge in [0.15, 0.2) is 0 Å². The maximum atomic E-state index is 11.9. The molecule has 0 fully saturated rings. The summed E-state index contributed by atoms with van der Waals surface area (Å²) in [6.45, 7) is 7.04. The molecule has 0 spiro atoms. The van der Waals surface area contributed by atoms with E-state index in [1.54, 1.807) is 0 Å². The average Bonchev–Trinajstić information content (AvgIpc) is 2.98. The summed E-state index contributed by atoms with van der Waals surface area (Å²) >= 11 is 0. The number of benzene rings is 1. The number of hydrogen-bond acceptors (Lipinski definition) is 7. The topological polar surface area (TPSA) is 74.3 Å². The van der Waals surface area contributed by atoms with Crippen molar-refractivity contribution in [3.63, 3.8) is 0 Å². The maximum Gasteiger partial charge on any atom is 0.305 e. The fourth-order valence-electron chi connectivity index (χ4n) is 5.16. The van der Waals surface area contributed by atoms with E-state index in [-0.39, 0.29) is 11.9 Å². The summed E-state index contributed by atoms with van der Waals surface area (Å²) in [5.41, 5.74) is 1.19. The summed E-state index contributed by atoms with van der Waals surface area (Å²) in [5, 5.41) is 0. The lowest BCUT2D eigenvalue weighted by atomic mass is 10.1. The molecule has 0 aliphatic heterocycles. The molecule has 0 aromatic heterocycles. The highest BCUT2D eigenvalue weighted by Gasteiger charge is 2.06. The Morgan fingerprint density at radius 2 is 1.00 bits per heavy atom. The van der Waals surface area contributed by atoms with Gasteiger partial charge in [-0.1, -0.05) is 96.8 Å². The van der Waals surface area contributed by atoms with E-state index in [2.05, 4.69) is 38.1 Å². The number of carbonyl (C=O) groups is 2. The van der Waals surface area contributed by atoms with E-state index in [9.17, 15) is 9.59 Å². The molecular weight excluding hydrogens is 554 g/mol. The van der Waals surface area contributed by atoms with E-state index in [0.29, 0.717) is 32.8 Å². The molecule has 1 rings (SSSR count). The molecule has 7 nitrogen and oxygen atoms in total. The molecule has 0 saturated carbocycles. The first kappa shape index (κ1) is 39.7. The SMILES string of the molecule is CCCCCCCCCC(=O)OCCCCCCCCOc1cc(CN(C)C)cc(OCCCCCCCCOC(C)=O)c1. The number of esters is 2. The normalized spacial score (nSPS) is 11.1. The van der Waals surface area contributed by atoms with E-state index in [1.807, 2.05) is 6.07 Å². The first-order valence-corrected chi connectivity index (χ1v) is 17.7. The summed E-state index contributed by atoms with van der Waals surface area (Å²) in [7, 11) is 4.14. The molecular formula is C37H65NO6. The first-order chi connectivity index (χ1) is 21.4. The molecule has 0 bridgehead atoms. The van der Waals surface area contributed by atoms with Crippen molar-refractivity contribution < 1.29 is 28.5 Å². The summed E-state index contributed by atoms with van der Waals surface area (Å²) in [5.74, 6) is 1.53. The van der Waals surface area contributed by atoms with Gasteiger partial charge in [0.05, 0.1) is 26.4 Å². The van der Waals surface area contributed by atoms with Gasteiger partial charge in [-0.2, -0.15) is 0 Å². The van der Waals surface area contributed by atoms with Crippen LogP contribution in [0.25, 0.3) is 0 Å². The van der Waals surface area contributed by atoms with Crippen molar-refractivity contribution in [3.8, 4) is 11.5 Å². The third-order valence-electron chi connectivity index (χ3n) is 7.61. The first-order valence-electron chi connectivity index (χ1n) is 17.7. The van der Waals surface area contributed by atoms with Crippen LogP contribution in [-0.2, 0) is 25.6 Å². The maximum absolute atomic E-state index is 11.9. The second-order valence-corrected chi connectivity index (χ2v) is 12.4. The van der Waals surface area contributed by atoms with Gasteiger partial charge in [0.1, 0.15) is 11.5 Å². The molecule has 0 heterocycles. The lowest BCUT2D eigenvalue weighted by Crippen LogP contribution is -2.11. The van der Waals surface area contributed by atoms with Gasteiger partial charge in [0.2, 0.25) is 0 Å². The monoisotopic (exact) mass is 619 g/mol.